The number of carbonyl (C=O) groups excluding carboxylic acids is 1. The van der Waals surface area contributed by atoms with E-state index in [9.17, 15) is 4.79 Å². The smallest absolute Gasteiger partial charge is 0.287 e. The number of aromatic amines is 1. The van der Waals surface area contributed by atoms with Crippen LogP contribution in [-0.4, -0.2) is 32.8 Å². The Morgan fingerprint density at radius 1 is 1.33 bits per heavy atom. The molecule has 1 saturated carbocycles. The largest absolute Gasteiger partial charge is 0.348 e. The van der Waals surface area contributed by atoms with Gasteiger partial charge in [0.2, 0.25) is 5.91 Å². The van der Waals surface area contributed by atoms with Crippen LogP contribution in [0.5, 0.6) is 0 Å². The molecule has 5 N–H and O–H groups in total. The number of amidine groups is 1. The highest BCUT2D eigenvalue weighted by atomic mass is 32.2. The highest BCUT2D eigenvalue weighted by Crippen LogP contribution is 2.32. The van der Waals surface area contributed by atoms with Crippen LogP contribution in [0.1, 0.15) is 18.5 Å². The van der Waals surface area contributed by atoms with Crippen molar-refractivity contribution in [2.45, 2.75) is 24.7 Å². The Morgan fingerprint density at radius 2 is 2.13 bits per heavy atom. The summed E-state index contributed by atoms with van der Waals surface area (Å²) in [6, 6.07) is 9.79. The van der Waals surface area contributed by atoms with Crippen LogP contribution in [0.15, 0.2) is 64.3 Å². The lowest BCUT2D eigenvalue weighted by Crippen LogP contribution is -2.46. The molecule has 1 amide bonds. The maximum Gasteiger partial charge on any atom is 0.287 e. The van der Waals surface area contributed by atoms with E-state index in [4.69, 9.17) is 5.73 Å². The molecule has 0 unspecified atom stereocenters. The van der Waals surface area contributed by atoms with E-state index in [0.29, 0.717) is 18.2 Å². The van der Waals surface area contributed by atoms with Crippen LogP contribution in [0.4, 0.5) is 11.5 Å². The van der Waals surface area contributed by atoms with Crippen molar-refractivity contribution in [1.82, 2.24) is 19.4 Å². The molecule has 10 heteroatoms. The average Bonchev–Trinajstić information content (AvgIpc) is 3.41. The van der Waals surface area contributed by atoms with E-state index in [0.717, 1.165) is 40.8 Å². The first-order chi connectivity index (χ1) is 14.5. The number of aryl methyl sites for hydroxylation is 1. The number of anilines is 2. The van der Waals surface area contributed by atoms with Gasteiger partial charge in [0.05, 0.1) is 6.20 Å². The number of carbonyl (C=O) groups is 1. The Hall–Kier alpha value is -3.24. The maximum absolute atomic E-state index is 11.9. The predicted molar refractivity (Wildman–Crippen MR) is 117 cm³/mol. The highest BCUT2D eigenvalue weighted by molar-refractivity contribution is 7.97. The first kappa shape index (κ1) is 18.8. The third kappa shape index (κ3) is 3.91. The molecule has 0 bridgehead atoms. The van der Waals surface area contributed by atoms with Crippen LogP contribution < -0.4 is 21.3 Å². The van der Waals surface area contributed by atoms with E-state index in [1.165, 1.54) is 0 Å². The van der Waals surface area contributed by atoms with Crippen molar-refractivity contribution in [3.05, 3.63) is 60.1 Å². The first-order valence-corrected chi connectivity index (χ1v) is 10.5. The topological polar surface area (TPSA) is 117 Å². The van der Waals surface area contributed by atoms with Crippen molar-refractivity contribution < 1.29 is 4.79 Å². The molecule has 1 fully saturated rings. The summed E-state index contributed by atoms with van der Waals surface area (Å²) >= 11 is 1.59. The fourth-order valence-corrected chi connectivity index (χ4v) is 4.12. The quantitative estimate of drug-likeness (QED) is 0.420. The van der Waals surface area contributed by atoms with Crippen molar-refractivity contribution in [3.8, 4) is 0 Å². The zero-order valence-electron chi connectivity index (χ0n) is 16.4. The number of aromatic nitrogens is 2. The number of hydrogen-bond donors (Lipinski definition) is 4. The Balaban J connectivity index is 1.31. The number of nitrogens with two attached hydrogens (primary N) is 1. The number of benzene rings is 1. The van der Waals surface area contributed by atoms with Crippen LogP contribution in [-0.2, 0) is 4.79 Å². The fraction of sp³-hybridized carbons (Fsp3) is 0.250. The second-order valence-electron chi connectivity index (χ2n) is 7.46. The SMILES string of the molecule is Cc1cc(NC2=CN(Sc3ccc(NC(=O)C4CC4)cc3)CC3=NC=C(N)[N+]23)n[nH]1. The molecule has 0 atom stereocenters. The van der Waals surface area contributed by atoms with Crippen LogP contribution in [0.25, 0.3) is 0 Å². The molecular formula is C20H22N8OS+. The van der Waals surface area contributed by atoms with Gasteiger partial charge >= 0.3 is 0 Å². The minimum absolute atomic E-state index is 0.114. The summed E-state index contributed by atoms with van der Waals surface area (Å²) in [7, 11) is 0. The van der Waals surface area contributed by atoms with Gasteiger partial charge in [-0.05, 0) is 60.9 Å². The summed E-state index contributed by atoms with van der Waals surface area (Å²) < 4.78 is 2.08. The van der Waals surface area contributed by atoms with Crippen LogP contribution >= 0.6 is 11.9 Å². The number of nitrogens with one attached hydrogen (secondary N) is 3. The maximum atomic E-state index is 11.9. The van der Waals surface area contributed by atoms with Gasteiger partial charge in [-0.15, -0.1) is 0 Å². The summed E-state index contributed by atoms with van der Waals surface area (Å²) in [6.45, 7) is 2.55. The van der Waals surface area contributed by atoms with Gasteiger partial charge in [0.1, 0.15) is 12.7 Å². The minimum atomic E-state index is 0.114. The van der Waals surface area contributed by atoms with E-state index in [1.807, 2.05) is 48.4 Å². The number of fused-ring (bicyclic) bond motifs is 1. The van der Waals surface area contributed by atoms with Gasteiger partial charge in [-0.2, -0.15) is 10.1 Å². The second-order valence-corrected chi connectivity index (χ2v) is 8.59. The Labute approximate surface area is 178 Å². The highest BCUT2D eigenvalue weighted by Gasteiger charge is 2.42. The van der Waals surface area contributed by atoms with Crippen LogP contribution in [0, 0.1) is 12.8 Å². The zero-order valence-corrected chi connectivity index (χ0v) is 17.2. The first-order valence-electron chi connectivity index (χ1n) is 9.74. The van der Waals surface area contributed by atoms with Gasteiger partial charge in [-0.1, -0.05) is 0 Å². The Bertz CT molecular complexity index is 1070. The van der Waals surface area contributed by atoms with E-state index in [1.54, 1.807) is 18.1 Å². The Kier molecular flexibility index (Phi) is 4.72. The fourth-order valence-electron chi connectivity index (χ4n) is 3.26. The summed E-state index contributed by atoms with van der Waals surface area (Å²) in [6.07, 6.45) is 5.64. The van der Waals surface area contributed by atoms with Crippen molar-refractivity contribution in [3.63, 3.8) is 0 Å². The van der Waals surface area contributed by atoms with Gasteiger partial charge in [-0.3, -0.25) is 19.5 Å². The second kappa shape index (κ2) is 7.54. The number of rotatable bonds is 6. The third-order valence-corrected chi connectivity index (χ3v) is 5.87. The molecule has 5 rings (SSSR count). The van der Waals surface area contributed by atoms with Crippen LogP contribution in [0.3, 0.4) is 0 Å². The predicted octanol–water partition coefficient (Wildman–Crippen LogP) is 2.61. The monoisotopic (exact) mass is 422 g/mol. The number of aliphatic imine (C=N–C) groups is 1. The van der Waals surface area contributed by atoms with E-state index >= 15 is 0 Å². The molecule has 3 heterocycles. The summed E-state index contributed by atoms with van der Waals surface area (Å²) in [5, 5.41) is 13.4. The van der Waals surface area contributed by atoms with Crippen molar-refractivity contribution in [2.24, 2.45) is 16.6 Å². The average molecular weight is 423 g/mol. The van der Waals surface area contributed by atoms with Gasteiger partial charge in [0.15, 0.2) is 5.82 Å². The summed E-state index contributed by atoms with van der Waals surface area (Å²) in [5.41, 5.74) is 7.91. The molecule has 30 heavy (non-hydrogen) atoms. The van der Waals surface area contributed by atoms with Crippen molar-refractivity contribution in [2.75, 3.05) is 17.2 Å². The molecule has 9 nitrogen and oxygen atoms in total. The molecule has 2 aliphatic heterocycles. The van der Waals surface area contributed by atoms with Gasteiger partial charge in [0.25, 0.3) is 17.5 Å². The van der Waals surface area contributed by atoms with Crippen LogP contribution in [0.2, 0.25) is 0 Å². The molecule has 0 saturated heterocycles. The lowest BCUT2D eigenvalue weighted by atomic mass is 10.3. The zero-order chi connectivity index (χ0) is 20.7. The number of hydrogen-bond acceptors (Lipinski definition) is 8. The molecule has 1 radical (unpaired) electrons. The van der Waals surface area contributed by atoms with Gasteiger partial charge in [0, 0.05) is 28.3 Å². The molecule has 2 aromatic rings. The molecular weight excluding hydrogens is 400 g/mol. The van der Waals surface area contributed by atoms with Crippen molar-refractivity contribution >= 4 is 35.2 Å². The van der Waals surface area contributed by atoms with Gasteiger partial charge in [-0.25, -0.2) is 0 Å². The standard InChI is InChI=1S/C20H22N8OS/c1-12-8-17(26-25-12)24-19-11-27(10-18-22-9-16(21)28(18)19)30-15-6-4-14(5-7-15)23-20(29)13-2-3-13/h4-9,11,13H,2-3,10,21H2,1H3,(H,23,29)(H2,24,25,26)/q+1. The third-order valence-electron chi connectivity index (χ3n) is 4.92. The summed E-state index contributed by atoms with van der Waals surface area (Å²) in [4.78, 5) is 19.3. The molecule has 1 aliphatic carbocycles. The number of nitrogens with zero attached hydrogens (tertiary/aromatic N) is 4. The molecule has 153 valence electrons. The minimum Gasteiger partial charge on any atom is -0.348 e. The van der Waals surface area contributed by atoms with Crippen molar-refractivity contribution in [1.29, 1.82) is 0 Å². The van der Waals surface area contributed by atoms with E-state index in [-0.39, 0.29) is 11.8 Å². The van der Waals surface area contributed by atoms with E-state index < -0.39 is 0 Å². The number of amides is 1. The normalized spacial score (nSPS) is 18.4. The molecule has 1 aromatic heterocycles. The summed E-state index contributed by atoms with van der Waals surface area (Å²) in [5.74, 6) is 3.20. The lowest BCUT2D eigenvalue weighted by Gasteiger charge is -2.24. The van der Waals surface area contributed by atoms with Gasteiger partial charge < -0.3 is 11.1 Å². The molecule has 3 aliphatic rings. The lowest BCUT2D eigenvalue weighted by molar-refractivity contribution is -0.117. The Morgan fingerprint density at radius 3 is 2.83 bits per heavy atom. The molecule has 1 aromatic carbocycles. The number of H-pyrrole nitrogens is 1. The van der Waals surface area contributed by atoms with E-state index in [2.05, 4.69) is 30.1 Å². The molecule has 0 spiro atoms.